The molecule has 10 atom stereocenters. The third kappa shape index (κ3) is 9.16. The van der Waals surface area contributed by atoms with E-state index in [1.807, 2.05) is 24.5 Å². The van der Waals surface area contributed by atoms with Crippen molar-refractivity contribution in [1.82, 2.24) is 30.0 Å². The molecule has 6 aliphatic heterocycles. The fourth-order valence-electron chi connectivity index (χ4n) is 11.9. The zero-order valence-electron chi connectivity index (χ0n) is 40.1. The first-order chi connectivity index (χ1) is 32.2. The summed E-state index contributed by atoms with van der Waals surface area (Å²) in [6.07, 6.45) is 12.3. The minimum Gasteiger partial charge on any atom is -0.494 e. The number of nitrogens with zero attached hydrogens (tertiary/aromatic N) is 6. The standard InChI is InChI=1S/C56H70N6O4/c1-7-37-33-61-25-19-39(37)29-51(61)53(43-17-23-57-49-15-13-41(31-47(43)49)63-27-21-35(3)4)65-55-45-11-9-10-12-46(45)56(60-59-55)66-54(52-30-40-20-26-62(52)34-38(40)8-2)44-18-24-58-50-16-14-42(32-48(44)50)64-28-22-36(5)6/h9-18,23-24,31-32,35-40,51-54H,7-8,19-22,25-30,33-34H2,1-6H3/t37-,38-,39-,40-,51+,52+,53-,54-/m0/s1. The molecule has 10 heteroatoms. The maximum Gasteiger partial charge on any atom is 0.242 e. The molecule has 348 valence electrons. The highest BCUT2D eigenvalue weighted by molar-refractivity contribution is 5.91. The number of aromatic nitrogens is 4. The molecule has 0 N–H and O–H groups in total. The summed E-state index contributed by atoms with van der Waals surface area (Å²) in [4.78, 5) is 15.0. The predicted molar refractivity (Wildman–Crippen MR) is 263 cm³/mol. The minimum atomic E-state index is -0.309. The SMILES string of the molecule is CC[C@H]1CN2CC[C@H]1C[C@@H]2[C@@H](Oc1nnc(O[C@@H](c2ccnc3ccc(OCCC(C)C)cc23)[C@H]2C[C@@H]3CCN2C[C@@H]3CC)c2ccccc12)c1ccnc2ccc(OCCC(C)C)cc12. The van der Waals surface area contributed by atoms with Gasteiger partial charge in [0.2, 0.25) is 11.8 Å². The summed E-state index contributed by atoms with van der Waals surface area (Å²) in [6.45, 7) is 19.3. The van der Waals surface area contributed by atoms with E-state index in [9.17, 15) is 0 Å². The molecule has 6 fully saturated rings. The summed E-state index contributed by atoms with van der Waals surface area (Å²) in [7, 11) is 0. The lowest BCUT2D eigenvalue weighted by atomic mass is 9.72. The van der Waals surface area contributed by atoms with Crippen LogP contribution in [0.1, 0.15) is 116 Å². The number of piperidine rings is 6. The van der Waals surface area contributed by atoms with Crippen LogP contribution in [0, 0.1) is 35.5 Å². The number of hydrogen-bond donors (Lipinski definition) is 0. The predicted octanol–water partition coefficient (Wildman–Crippen LogP) is 12.1. The van der Waals surface area contributed by atoms with Crippen molar-refractivity contribution in [3.8, 4) is 23.3 Å². The maximum absolute atomic E-state index is 7.41. The molecule has 6 aliphatic rings. The Balaban J connectivity index is 1.03. The molecular formula is C56H70N6O4. The van der Waals surface area contributed by atoms with E-state index in [2.05, 4.69) is 112 Å². The summed E-state index contributed by atoms with van der Waals surface area (Å²) in [5, 5.41) is 13.9. The van der Waals surface area contributed by atoms with Gasteiger partial charge < -0.3 is 18.9 Å². The van der Waals surface area contributed by atoms with Crippen molar-refractivity contribution in [2.24, 2.45) is 35.5 Å². The topological polar surface area (TPSA) is 95.0 Å². The van der Waals surface area contributed by atoms with Crippen molar-refractivity contribution in [2.75, 3.05) is 39.4 Å². The Kier molecular flexibility index (Phi) is 13.3. The van der Waals surface area contributed by atoms with E-state index in [1.165, 1.54) is 25.7 Å². The second kappa shape index (κ2) is 19.7. The molecule has 66 heavy (non-hydrogen) atoms. The molecule has 6 saturated heterocycles. The fraction of sp³-hybridized carbons (Fsp3) is 0.536. The highest BCUT2D eigenvalue weighted by Crippen LogP contribution is 2.48. The second-order valence-corrected chi connectivity index (χ2v) is 20.7. The van der Waals surface area contributed by atoms with E-state index >= 15 is 0 Å². The number of ether oxygens (including phenoxy) is 4. The summed E-state index contributed by atoms with van der Waals surface area (Å²) in [6, 6.07) is 25.6. The third-order valence-corrected chi connectivity index (χ3v) is 15.8. The molecule has 4 bridgehead atoms. The van der Waals surface area contributed by atoms with Gasteiger partial charge in [-0.1, -0.05) is 66.5 Å². The number of hydrogen-bond acceptors (Lipinski definition) is 10. The van der Waals surface area contributed by atoms with Gasteiger partial charge in [0.1, 0.15) is 23.7 Å². The van der Waals surface area contributed by atoms with Crippen LogP contribution in [-0.2, 0) is 0 Å². The monoisotopic (exact) mass is 891 g/mol. The van der Waals surface area contributed by atoms with Gasteiger partial charge in [0.15, 0.2) is 0 Å². The van der Waals surface area contributed by atoms with E-state index in [0.29, 0.717) is 60.5 Å². The van der Waals surface area contributed by atoms with E-state index in [0.717, 1.165) is 107 Å². The van der Waals surface area contributed by atoms with Crippen LogP contribution in [-0.4, -0.2) is 81.4 Å². The molecule has 3 aromatic carbocycles. The largest absolute Gasteiger partial charge is 0.494 e. The quantitative estimate of drug-likeness (QED) is 0.0830. The molecule has 3 aromatic heterocycles. The first-order valence-corrected chi connectivity index (χ1v) is 25.3. The van der Waals surface area contributed by atoms with Crippen LogP contribution in [0.2, 0.25) is 0 Å². The number of benzene rings is 3. The molecule has 10 nitrogen and oxygen atoms in total. The summed E-state index contributed by atoms with van der Waals surface area (Å²) < 4.78 is 27.5. The normalized spacial score (nSPS) is 25.8. The van der Waals surface area contributed by atoms with E-state index < -0.39 is 0 Å². The summed E-state index contributed by atoms with van der Waals surface area (Å²) >= 11 is 0. The average Bonchev–Trinajstić information content (AvgIpc) is 3.35. The van der Waals surface area contributed by atoms with Gasteiger partial charge in [-0.2, -0.15) is 0 Å². The third-order valence-electron chi connectivity index (χ3n) is 15.8. The zero-order valence-corrected chi connectivity index (χ0v) is 40.1. The average molecular weight is 891 g/mol. The van der Waals surface area contributed by atoms with E-state index in [4.69, 9.17) is 39.1 Å². The highest BCUT2D eigenvalue weighted by Gasteiger charge is 2.46. The van der Waals surface area contributed by atoms with Gasteiger partial charge in [-0.15, -0.1) is 10.2 Å². The van der Waals surface area contributed by atoms with Gasteiger partial charge in [0, 0.05) is 47.4 Å². The van der Waals surface area contributed by atoms with Crippen LogP contribution in [0.3, 0.4) is 0 Å². The maximum atomic E-state index is 7.41. The Labute approximate surface area is 391 Å². The minimum absolute atomic E-state index is 0.172. The Morgan fingerprint density at radius 1 is 0.576 bits per heavy atom. The lowest BCUT2D eigenvalue weighted by Gasteiger charge is -2.52. The van der Waals surface area contributed by atoms with Crippen LogP contribution >= 0.6 is 0 Å². The number of fused-ring (bicyclic) bond motifs is 9. The first-order valence-electron chi connectivity index (χ1n) is 25.3. The molecule has 2 unspecified atom stereocenters. The summed E-state index contributed by atoms with van der Waals surface area (Å²) in [5.74, 6) is 6.65. The second-order valence-electron chi connectivity index (χ2n) is 20.7. The van der Waals surface area contributed by atoms with Crippen LogP contribution in [0.4, 0.5) is 0 Å². The van der Waals surface area contributed by atoms with Gasteiger partial charge in [-0.3, -0.25) is 19.8 Å². The molecule has 0 saturated carbocycles. The van der Waals surface area contributed by atoms with Gasteiger partial charge >= 0.3 is 0 Å². The van der Waals surface area contributed by atoms with Crippen LogP contribution in [0.25, 0.3) is 32.6 Å². The molecule has 0 radical (unpaired) electrons. The highest BCUT2D eigenvalue weighted by atomic mass is 16.5. The lowest BCUT2D eigenvalue weighted by Crippen LogP contribution is -2.56. The number of pyridine rings is 2. The van der Waals surface area contributed by atoms with Crippen molar-refractivity contribution < 1.29 is 18.9 Å². The first kappa shape index (κ1) is 44.8. The van der Waals surface area contributed by atoms with Gasteiger partial charge in [-0.05, 0) is 148 Å². The Morgan fingerprint density at radius 3 is 1.42 bits per heavy atom. The Hall–Kier alpha value is -5.06. The van der Waals surface area contributed by atoms with Crippen LogP contribution < -0.4 is 18.9 Å². The van der Waals surface area contributed by atoms with Crippen LogP contribution in [0.15, 0.2) is 85.2 Å². The van der Waals surface area contributed by atoms with Crippen molar-refractivity contribution in [3.05, 3.63) is 96.3 Å². The molecule has 12 rings (SSSR count). The van der Waals surface area contributed by atoms with Crippen molar-refractivity contribution in [3.63, 3.8) is 0 Å². The van der Waals surface area contributed by atoms with Crippen LogP contribution in [0.5, 0.6) is 23.3 Å². The molecule has 0 spiro atoms. The molecule has 6 aromatic rings. The number of rotatable bonds is 18. The lowest BCUT2D eigenvalue weighted by molar-refractivity contribution is -0.0505. The van der Waals surface area contributed by atoms with Crippen molar-refractivity contribution >= 4 is 32.6 Å². The molecule has 0 amide bonds. The molecule has 9 heterocycles. The molecular weight excluding hydrogens is 821 g/mol. The zero-order chi connectivity index (χ0) is 45.3. The smallest absolute Gasteiger partial charge is 0.242 e. The fourth-order valence-corrected chi connectivity index (χ4v) is 11.9. The molecule has 0 aliphatic carbocycles. The van der Waals surface area contributed by atoms with Gasteiger partial charge in [0.25, 0.3) is 0 Å². The van der Waals surface area contributed by atoms with E-state index in [-0.39, 0.29) is 24.3 Å². The van der Waals surface area contributed by atoms with Gasteiger partial charge in [-0.25, -0.2) is 0 Å². The van der Waals surface area contributed by atoms with Gasteiger partial charge in [0.05, 0.1) is 47.1 Å². The van der Waals surface area contributed by atoms with Crippen molar-refractivity contribution in [1.29, 1.82) is 0 Å². The Bertz CT molecular complexity index is 2440. The summed E-state index contributed by atoms with van der Waals surface area (Å²) in [5.41, 5.74) is 4.08. The van der Waals surface area contributed by atoms with E-state index in [1.54, 1.807) is 0 Å². The Morgan fingerprint density at radius 2 is 1.03 bits per heavy atom. The van der Waals surface area contributed by atoms with Crippen molar-refractivity contribution in [2.45, 2.75) is 117 Å².